The first-order valence-corrected chi connectivity index (χ1v) is 9.30. The van der Waals surface area contributed by atoms with E-state index >= 15 is 0 Å². The van der Waals surface area contributed by atoms with Crippen LogP contribution in [-0.4, -0.2) is 20.9 Å². The molecule has 128 valence electrons. The summed E-state index contributed by atoms with van der Waals surface area (Å²) < 4.78 is 28.0. The standard InChI is InChI=1S/C18H22N2O3S/c1-4-11-19-18(21)15-10-9-14(3)17(12-15)24(22,23)20-16-8-6-5-7-13(16)2/h5-10,12,20H,4,11H2,1-3H3,(H,19,21). The van der Waals surface area contributed by atoms with Crippen LogP contribution in [0.25, 0.3) is 0 Å². The Labute approximate surface area is 143 Å². The summed E-state index contributed by atoms with van der Waals surface area (Å²) in [6, 6.07) is 11.9. The fourth-order valence-electron chi connectivity index (χ4n) is 2.26. The van der Waals surface area contributed by atoms with Crippen molar-refractivity contribution in [2.45, 2.75) is 32.1 Å². The van der Waals surface area contributed by atoms with Crippen molar-refractivity contribution in [3.05, 3.63) is 59.2 Å². The Morgan fingerprint density at radius 1 is 1.04 bits per heavy atom. The zero-order valence-corrected chi connectivity index (χ0v) is 14.9. The third-order valence-electron chi connectivity index (χ3n) is 3.66. The molecule has 0 aliphatic carbocycles. The summed E-state index contributed by atoms with van der Waals surface area (Å²) in [5.41, 5.74) is 2.27. The minimum Gasteiger partial charge on any atom is -0.352 e. The van der Waals surface area contributed by atoms with Crippen LogP contribution in [0, 0.1) is 13.8 Å². The summed E-state index contributed by atoms with van der Waals surface area (Å²) in [5, 5.41) is 2.75. The molecule has 0 atom stereocenters. The van der Waals surface area contributed by atoms with Gasteiger partial charge in [0.15, 0.2) is 0 Å². The van der Waals surface area contributed by atoms with Crippen LogP contribution in [0.1, 0.15) is 34.8 Å². The molecule has 0 aliphatic heterocycles. The number of aryl methyl sites for hydroxylation is 2. The Bertz CT molecular complexity index is 845. The van der Waals surface area contributed by atoms with Gasteiger partial charge in [0.1, 0.15) is 0 Å². The summed E-state index contributed by atoms with van der Waals surface area (Å²) in [4.78, 5) is 12.2. The van der Waals surface area contributed by atoms with E-state index in [1.165, 1.54) is 6.07 Å². The molecule has 0 saturated carbocycles. The van der Waals surface area contributed by atoms with Crippen LogP contribution in [0.15, 0.2) is 47.4 Å². The fourth-order valence-corrected chi connectivity index (χ4v) is 3.66. The van der Waals surface area contributed by atoms with E-state index in [2.05, 4.69) is 10.0 Å². The number of hydrogen-bond donors (Lipinski definition) is 2. The van der Waals surface area contributed by atoms with Crippen LogP contribution >= 0.6 is 0 Å². The molecule has 5 nitrogen and oxygen atoms in total. The van der Waals surface area contributed by atoms with Gasteiger partial charge in [-0.1, -0.05) is 31.2 Å². The first-order valence-electron chi connectivity index (χ1n) is 7.82. The second kappa shape index (κ2) is 7.49. The van der Waals surface area contributed by atoms with Crippen LogP contribution in [0.3, 0.4) is 0 Å². The minimum absolute atomic E-state index is 0.106. The topological polar surface area (TPSA) is 75.3 Å². The lowest BCUT2D eigenvalue weighted by molar-refractivity contribution is 0.0953. The number of benzene rings is 2. The summed E-state index contributed by atoms with van der Waals surface area (Å²) in [5.74, 6) is -0.274. The zero-order valence-electron chi connectivity index (χ0n) is 14.1. The lowest BCUT2D eigenvalue weighted by atomic mass is 10.1. The van der Waals surface area contributed by atoms with Gasteiger partial charge >= 0.3 is 0 Å². The van der Waals surface area contributed by atoms with E-state index in [1.807, 2.05) is 26.0 Å². The zero-order chi connectivity index (χ0) is 17.7. The predicted molar refractivity (Wildman–Crippen MR) is 95.8 cm³/mol. The summed E-state index contributed by atoms with van der Waals surface area (Å²) in [7, 11) is -3.77. The molecule has 2 rings (SSSR count). The fraction of sp³-hybridized carbons (Fsp3) is 0.278. The maximum absolute atomic E-state index is 12.7. The van der Waals surface area contributed by atoms with E-state index in [4.69, 9.17) is 0 Å². The second-order valence-electron chi connectivity index (χ2n) is 5.66. The van der Waals surface area contributed by atoms with Gasteiger partial charge in [-0.3, -0.25) is 9.52 Å². The molecule has 2 aromatic rings. The van der Waals surface area contributed by atoms with Crippen molar-refractivity contribution in [3.63, 3.8) is 0 Å². The monoisotopic (exact) mass is 346 g/mol. The summed E-state index contributed by atoms with van der Waals surface area (Å²) in [6.07, 6.45) is 0.817. The highest BCUT2D eigenvalue weighted by Gasteiger charge is 2.19. The number of hydrogen-bond acceptors (Lipinski definition) is 3. The van der Waals surface area contributed by atoms with E-state index in [9.17, 15) is 13.2 Å². The molecule has 2 N–H and O–H groups in total. The highest BCUT2D eigenvalue weighted by molar-refractivity contribution is 7.92. The van der Waals surface area contributed by atoms with E-state index in [1.54, 1.807) is 31.2 Å². The molecule has 24 heavy (non-hydrogen) atoms. The van der Waals surface area contributed by atoms with Crippen molar-refractivity contribution in [3.8, 4) is 0 Å². The third kappa shape index (κ3) is 4.14. The third-order valence-corrected chi connectivity index (χ3v) is 5.17. The van der Waals surface area contributed by atoms with Gasteiger partial charge in [0.25, 0.3) is 15.9 Å². The number of carbonyl (C=O) groups excluding carboxylic acids is 1. The number of carbonyl (C=O) groups is 1. The van der Waals surface area contributed by atoms with E-state index < -0.39 is 10.0 Å². The number of rotatable bonds is 6. The molecule has 0 heterocycles. The molecule has 6 heteroatoms. The molecular formula is C18H22N2O3S. The molecule has 2 aromatic carbocycles. The molecular weight excluding hydrogens is 324 g/mol. The Kier molecular flexibility index (Phi) is 5.62. The van der Waals surface area contributed by atoms with Gasteiger partial charge < -0.3 is 5.32 Å². The molecule has 0 bridgehead atoms. The van der Waals surface area contributed by atoms with Gasteiger partial charge in [-0.2, -0.15) is 0 Å². The molecule has 0 unspecified atom stereocenters. The molecule has 0 radical (unpaired) electrons. The van der Waals surface area contributed by atoms with Gasteiger partial charge in [0.05, 0.1) is 10.6 Å². The Morgan fingerprint density at radius 2 is 1.75 bits per heavy atom. The molecule has 0 spiro atoms. The molecule has 0 aliphatic rings. The van der Waals surface area contributed by atoms with Gasteiger partial charge in [0.2, 0.25) is 0 Å². The number of amides is 1. The largest absolute Gasteiger partial charge is 0.352 e. The van der Waals surface area contributed by atoms with Gasteiger partial charge in [0, 0.05) is 12.1 Å². The summed E-state index contributed by atoms with van der Waals surface area (Å²) in [6.45, 7) is 6.05. The van der Waals surface area contributed by atoms with Crippen molar-refractivity contribution < 1.29 is 13.2 Å². The summed E-state index contributed by atoms with van der Waals surface area (Å²) >= 11 is 0. The van der Waals surface area contributed by atoms with Crippen LogP contribution in [0.5, 0.6) is 0 Å². The lowest BCUT2D eigenvalue weighted by Crippen LogP contribution is -2.24. The molecule has 0 fully saturated rings. The first-order chi connectivity index (χ1) is 11.3. The number of sulfonamides is 1. The quantitative estimate of drug-likeness (QED) is 0.843. The van der Waals surface area contributed by atoms with E-state index in [0.717, 1.165) is 12.0 Å². The van der Waals surface area contributed by atoms with Crippen LogP contribution in [0.2, 0.25) is 0 Å². The predicted octanol–water partition coefficient (Wildman–Crippen LogP) is 3.24. The van der Waals surface area contributed by atoms with Gasteiger partial charge in [-0.15, -0.1) is 0 Å². The van der Waals surface area contributed by atoms with Crippen LogP contribution in [0.4, 0.5) is 5.69 Å². The second-order valence-corrected chi connectivity index (χ2v) is 7.31. The van der Waals surface area contributed by atoms with Crippen molar-refractivity contribution in [2.24, 2.45) is 0 Å². The minimum atomic E-state index is -3.77. The van der Waals surface area contributed by atoms with Crippen molar-refractivity contribution >= 4 is 21.6 Å². The van der Waals surface area contributed by atoms with E-state index in [0.29, 0.717) is 23.4 Å². The highest BCUT2D eigenvalue weighted by atomic mass is 32.2. The first kappa shape index (κ1) is 18.0. The number of para-hydroxylation sites is 1. The molecule has 0 saturated heterocycles. The normalized spacial score (nSPS) is 11.1. The van der Waals surface area contributed by atoms with Crippen LogP contribution < -0.4 is 10.0 Å². The lowest BCUT2D eigenvalue weighted by Gasteiger charge is -2.13. The van der Waals surface area contributed by atoms with Crippen molar-refractivity contribution in [1.29, 1.82) is 0 Å². The maximum atomic E-state index is 12.7. The van der Waals surface area contributed by atoms with Crippen molar-refractivity contribution in [1.82, 2.24) is 5.32 Å². The maximum Gasteiger partial charge on any atom is 0.262 e. The number of anilines is 1. The Morgan fingerprint density at radius 3 is 2.42 bits per heavy atom. The van der Waals surface area contributed by atoms with Gasteiger partial charge in [-0.25, -0.2) is 8.42 Å². The smallest absolute Gasteiger partial charge is 0.262 e. The Balaban J connectivity index is 2.36. The van der Waals surface area contributed by atoms with Crippen LogP contribution in [-0.2, 0) is 10.0 Å². The average molecular weight is 346 g/mol. The average Bonchev–Trinajstić information content (AvgIpc) is 2.55. The highest BCUT2D eigenvalue weighted by Crippen LogP contribution is 2.22. The van der Waals surface area contributed by atoms with Gasteiger partial charge in [-0.05, 0) is 49.6 Å². The van der Waals surface area contributed by atoms with Crippen molar-refractivity contribution in [2.75, 3.05) is 11.3 Å². The molecule has 1 amide bonds. The van der Waals surface area contributed by atoms with E-state index in [-0.39, 0.29) is 10.8 Å². The Hall–Kier alpha value is -2.34. The SMILES string of the molecule is CCCNC(=O)c1ccc(C)c(S(=O)(=O)Nc2ccccc2C)c1. The number of nitrogens with one attached hydrogen (secondary N) is 2. The molecule has 0 aromatic heterocycles.